The van der Waals surface area contributed by atoms with E-state index in [2.05, 4.69) is 10.3 Å². The average molecular weight is 399 g/mol. The number of hydrogen-bond donors (Lipinski definition) is 1. The Balaban J connectivity index is 1.78. The highest BCUT2D eigenvalue weighted by molar-refractivity contribution is 7.13. The van der Waals surface area contributed by atoms with Crippen molar-refractivity contribution in [1.29, 1.82) is 0 Å². The summed E-state index contributed by atoms with van der Waals surface area (Å²) in [6.07, 6.45) is 0. The van der Waals surface area contributed by atoms with Gasteiger partial charge in [0.05, 0.1) is 31.7 Å². The third-order valence-corrected chi connectivity index (χ3v) is 5.54. The lowest BCUT2D eigenvalue weighted by Crippen LogP contribution is -2.13. The molecule has 0 saturated carbocycles. The summed E-state index contributed by atoms with van der Waals surface area (Å²) in [5.74, 6) is -0.222. The number of rotatable bonds is 3. The summed E-state index contributed by atoms with van der Waals surface area (Å²) in [6.45, 7) is 0. The van der Waals surface area contributed by atoms with Crippen molar-refractivity contribution in [3.63, 3.8) is 0 Å². The molecule has 0 aliphatic rings. The molecule has 0 aliphatic carbocycles. The molecule has 4 rings (SSSR count). The average Bonchev–Trinajstić information content (AvgIpc) is 3.18. The standard InChI is InChI=1S/C20H12Cl2N2OS/c21-15-8-7-12(10-16(15)22)23-20(25)14-11-18(19-6-3-9-26-19)24-17-5-2-1-4-13(14)17/h1-11H,(H,23,25). The maximum atomic E-state index is 12.9. The number of pyridine rings is 1. The van der Waals surface area contributed by atoms with E-state index in [0.29, 0.717) is 21.3 Å². The minimum atomic E-state index is -0.222. The Hall–Kier alpha value is -2.40. The minimum absolute atomic E-state index is 0.222. The van der Waals surface area contributed by atoms with E-state index < -0.39 is 0 Å². The smallest absolute Gasteiger partial charge is 0.256 e. The number of benzene rings is 2. The monoisotopic (exact) mass is 398 g/mol. The number of nitrogens with one attached hydrogen (secondary N) is 1. The van der Waals surface area contributed by atoms with Crippen LogP contribution >= 0.6 is 34.5 Å². The SMILES string of the molecule is O=C(Nc1ccc(Cl)c(Cl)c1)c1cc(-c2cccs2)nc2ccccc12. The zero-order chi connectivity index (χ0) is 18.1. The molecule has 26 heavy (non-hydrogen) atoms. The number of hydrogen-bond acceptors (Lipinski definition) is 3. The van der Waals surface area contributed by atoms with Crippen LogP contribution in [0.5, 0.6) is 0 Å². The van der Waals surface area contributed by atoms with Gasteiger partial charge in [-0.05, 0) is 41.8 Å². The van der Waals surface area contributed by atoms with Crippen LogP contribution in [0.15, 0.2) is 66.0 Å². The molecule has 1 N–H and O–H groups in total. The van der Waals surface area contributed by atoms with Gasteiger partial charge in [-0.2, -0.15) is 0 Å². The van der Waals surface area contributed by atoms with Crippen LogP contribution in [-0.4, -0.2) is 10.9 Å². The van der Waals surface area contributed by atoms with Crippen LogP contribution in [-0.2, 0) is 0 Å². The van der Waals surface area contributed by atoms with E-state index in [4.69, 9.17) is 23.2 Å². The molecule has 2 heterocycles. The fourth-order valence-corrected chi connectivity index (χ4v) is 3.67. The zero-order valence-corrected chi connectivity index (χ0v) is 15.7. The number of para-hydroxylation sites is 1. The Morgan fingerprint density at radius 2 is 1.81 bits per heavy atom. The van der Waals surface area contributed by atoms with E-state index in [0.717, 1.165) is 21.5 Å². The van der Waals surface area contributed by atoms with Gasteiger partial charge in [0.25, 0.3) is 5.91 Å². The quantitative estimate of drug-likeness (QED) is 0.426. The number of carbonyl (C=O) groups excluding carboxylic acids is 1. The molecule has 6 heteroatoms. The Kier molecular flexibility index (Phi) is 4.64. The van der Waals surface area contributed by atoms with Gasteiger partial charge < -0.3 is 5.32 Å². The normalized spacial score (nSPS) is 10.8. The number of carbonyl (C=O) groups is 1. The van der Waals surface area contributed by atoms with Crippen LogP contribution < -0.4 is 5.32 Å². The first-order chi connectivity index (χ1) is 12.6. The van der Waals surface area contributed by atoms with Crippen molar-refractivity contribution in [2.75, 3.05) is 5.32 Å². The van der Waals surface area contributed by atoms with Crippen LogP contribution in [0.3, 0.4) is 0 Å². The minimum Gasteiger partial charge on any atom is -0.322 e. The maximum Gasteiger partial charge on any atom is 0.256 e. The highest BCUT2D eigenvalue weighted by Gasteiger charge is 2.15. The molecule has 0 bridgehead atoms. The summed E-state index contributed by atoms with van der Waals surface area (Å²) in [4.78, 5) is 18.6. The van der Waals surface area contributed by atoms with Crippen molar-refractivity contribution in [3.8, 4) is 10.6 Å². The van der Waals surface area contributed by atoms with Crippen LogP contribution in [0.1, 0.15) is 10.4 Å². The Morgan fingerprint density at radius 3 is 2.58 bits per heavy atom. The van der Waals surface area contributed by atoms with Gasteiger partial charge in [0, 0.05) is 11.1 Å². The molecule has 3 nitrogen and oxygen atoms in total. The summed E-state index contributed by atoms with van der Waals surface area (Å²) in [5.41, 5.74) is 2.70. The number of amides is 1. The Labute approximate surface area is 164 Å². The van der Waals surface area contributed by atoms with Gasteiger partial charge in [-0.1, -0.05) is 47.5 Å². The van der Waals surface area contributed by atoms with Gasteiger partial charge in [-0.3, -0.25) is 4.79 Å². The molecule has 128 valence electrons. The lowest BCUT2D eigenvalue weighted by Gasteiger charge is -2.10. The van der Waals surface area contributed by atoms with Gasteiger partial charge >= 0.3 is 0 Å². The van der Waals surface area contributed by atoms with E-state index >= 15 is 0 Å². The molecule has 1 amide bonds. The van der Waals surface area contributed by atoms with Gasteiger partial charge in [0.1, 0.15) is 0 Å². The molecule has 0 aliphatic heterocycles. The number of nitrogens with zero attached hydrogens (tertiary/aromatic N) is 1. The first-order valence-corrected chi connectivity index (χ1v) is 9.45. The third-order valence-electron chi connectivity index (χ3n) is 3.91. The van der Waals surface area contributed by atoms with Crippen molar-refractivity contribution in [3.05, 3.63) is 81.7 Å². The molecule has 0 fully saturated rings. The summed E-state index contributed by atoms with van der Waals surface area (Å²) < 4.78 is 0. The van der Waals surface area contributed by atoms with Crippen molar-refractivity contribution >= 4 is 57.0 Å². The highest BCUT2D eigenvalue weighted by Crippen LogP contribution is 2.29. The van der Waals surface area contributed by atoms with Crippen molar-refractivity contribution in [2.45, 2.75) is 0 Å². The fraction of sp³-hybridized carbons (Fsp3) is 0. The number of anilines is 1. The predicted octanol–water partition coefficient (Wildman–Crippen LogP) is 6.52. The zero-order valence-electron chi connectivity index (χ0n) is 13.4. The molecule has 2 aromatic heterocycles. The number of halogens is 2. The number of fused-ring (bicyclic) bond motifs is 1. The second kappa shape index (κ2) is 7.08. The first-order valence-electron chi connectivity index (χ1n) is 7.82. The largest absolute Gasteiger partial charge is 0.322 e. The second-order valence-electron chi connectivity index (χ2n) is 5.63. The van der Waals surface area contributed by atoms with E-state index in [9.17, 15) is 4.79 Å². The molecule has 0 radical (unpaired) electrons. The second-order valence-corrected chi connectivity index (χ2v) is 7.39. The summed E-state index contributed by atoms with van der Waals surface area (Å²) >= 11 is 13.6. The Morgan fingerprint density at radius 1 is 0.962 bits per heavy atom. The first kappa shape index (κ1) is 17.0. The molecule has 0 spiro atoms. The summed E-state index contributed by atoms with van der Waals surface area (Å²) in [5, 5.41) is 6.50. The molecule has 2 aromatic carbocycles. The van der Waals surface area contributed by atoms with Crippen molar-refractivity contribution in [1.82, 2.24) is 4.98 Å². The van der Waals surface area contributed by atoms with E-state index in [1.165, 1.54) is 0 Å². The van der Waals surface area contributed by atoms with E-state index in [-0.39, 0.29) is 5.91 Å². The van der Waals surface area contributed by atoms with Crippen LogP contribution in [0.4, 0.5) is 5.69 Å². The molecule has 4 aromatic rings. The van der Waals surface area contributed by atoms with Gasteiger partial charge in [-0.15, -0.1) is 11.3 Å². The highest BCUT2D eigenvalue weighted by atomic mass is 35.5. The van der Waals surface area contributed by atoms with Crippen molar-refractivity contribution < 1.29 is 4.79 Å². The maximum absolute atomic E-state index is 12.9. The topological polar surface area (TPSA) is 42.0 Å². The van der Waals surface area contributed by atoms with Crippen LogP contribution in [0.2, 0.25) is 10.0 Å². The molecule has 0 saturated heterocycles. The van der Waals surface area contributed by atoms with Gasteiger partial charge in [0.2, 0.25) is 0 Å². The molecule has 0 unspecified atom stereocenters. The van der Waals surface area contributed by atoms with Crippen LogP contribution in [0.25, 0.3) is 21.5 Å². The number of aromatic nitrogens is 1. The summed E-state index contributed by atoms with van der Waals surface area (Å²) in [7, 11) is 0. The van der Waals surface area contributed by atoms with E-state index in [1.807, 2.05) is 47.8 Å². The lowest BCUT2D eigenvalue weighted by atomic mass is 10.1. The fourth-order valence-electron chi connectivity index (χ4n) is 2.69. The summed E-state index contributed by atoms with van der Waals surface area (Å²) in [6, 6.07) is 18.4. The number of thiophene rings is 1. The molecule has 0 atom stereocenters. The van der Waals surface area contributed by atoms with E-state index in [1.54, 1.807) is 29.5 Å². The van der Waals surface area contributed by atoms with Gasteiger partial charge in [0.15, 0.2) is 0 Å². The lowest BCUT2D eigenvalue weighted by molar-refractivity contribution is 0.102. The van der Waals surface area contributed by atoms with Crippen LogP contribution in [0, 0.1) is 0 Å². The van der Waals surface area contributed by atoms with Gasteiger partial charge in [-0.25, -0.2) is 4.98 Å². The molecular formula is C20H12Cl2N2OS. The third kappa shape index (κ3) is 3.31. The Bertz CT molecular complexity index is 1110. The van der Waals surface area contributed by atoms with Crippen molar-refractivity contribution in [2.24, 2.45) is 0 Å². The molecular weight excluding hydrogens is 387 g/mol. The predicted molar refractivity (Wildman–Crippen MR) is 109 cm³/mol.